The van der Waals surface area contributed by atoms with Crippen molar-refractivity contribution < 1.29 is 17.9 Å². The molecule has 1 aromatic rings. The lowest BCUT2D eigenvalue weighted by molar-refractivity contribution is -0.274. The van der Waals surface area contributed by atoms with Crippen LogP contribution >= 0.6 is 28.1 Å². The second-order valence-electron chi connectivity index (χ2n) is 2.79. The molecule has 0 aliphatic rings. The summed E-state index contributed by atoms with van der Waals surface area (Å²) in [5.74, 6) is 4.59. The van der Waals surface area contributed by atoms with Gasteiger partial charge in [0.2, 0.25) is 0 Å². The predicted molar refractivity (Wildman–Crippen MR) is 64.4 cm³/mol. The van der Waals surface area contributed by atoms with E-state index in [0.29, 0.717) is 4.47 Å². The number of hydrogen-bond donors (Lipinski definition) is 3. The molecule has 0 saturated heterocycles. The van der Waals surface area contributed by atoms with Crippen molar-refractivity contribution in [1.82, 2.24) is 5.43 Å². The molecule has 0 bridgehead atoms. The molecule has 1 aromatic carbocycles. The molecule has 4 N–H and O–H groups in total. The fourth-order valence-corrected chi connectivity index (χ4v) is 1.42. The van der Waals surface area contributed by atoms with E-state index in [1.807, 2.05) is 0 Å². The van der Waals surface area contributed by atoms with Crippen LogP contribution in [0.5, 0.6) is 5.75 Å². The van der Waals surface area contributed by atoms with E-state index in [4.69, 9.17) is 5.84 Å². The third-order valence-electron chi connectivity index (χ3n) is 1.55. The van der Waals surface area contributed by atoms with Gasteiger partial charge in [-0.1, -0.05) is 15.9 Å². The first-order valence-corrected chi connectivity index (χ1v) is 5.35. The highest BCUT2D eigenvalue weighted by Crippen LogP contribution is 2.32. The van der Waals surface area contributed by atoms with E-state index < -0.39 is 12.1 Å². The zero-order chi connectivity index (χ0) is 13.1. The third kappa shape index (κ3) is 4.75. The lowest BCUT2D eigenvalue weighted by atomic mass is 10.3. The molecule has 0 radical (unpaired) electrons. The first-order valence-electron chi connectivity index (χ1n) is 4.15. The molecule has 17 heavy (non-hydrogen) atoms. The topological polar surface area (TPSA) is 59.3 Å². The van der Waals surface area contributed by atoms with Gasteiger partial charge in [-0.05, 0) is 30.4 Å². The molecule has 0 aromatic heterocycles. The van der Waals surface area contributed by atoms with Crippen molar-refractivity contribution in [1.29, 1.82) is 0 Å². The molecule has 9 heteroatoms. The molecule has 4 nitrogen and oxygen atoms in total. The summed E-state index contributed by atoms with van der Waals surface area (Å²) in [6.07, 6.45) is -4.78. The van der Waals surface area contributed by atoms with Gasteiger partial charge in [0.1, 0.15) is 0 Å². The molecule has 0 aliphatic carbocycles. The number of nitrogens with two attached hydrogens (primary N) is 1. The summed E-state index contributed by atoms with van der Waals surface area (Å²) in [6, 6.07) is 4.06. The maximum atomic E-state index is 12.1. The van der Waals surface area contributed by atoms with Crippen molar-refractivity contribution in [3.8, 4) is 5.75 Å². The first kappa shape index (κ1) is 14.0. The Hall–Kier alpha value is -1.06. The van der Waals surface area contributed by atoms with Crippen molar-refractivity contribution in [2.24, 2.45) is 5.84 Å². The summed E-state index contributed by atoms with van der Waals surface area (Å²) in [5, 5.41) is 2.43. The summed E-state index contributed by atoms with van der Waals surface area (Å²) in [7, 11) is 0. The minimum Gasteiger partial charge on any atom is -0.404 e. The van der Waals surface area contributed by atoms with Gasteiger partial charge >= 0.3 is 6.36 Å². The highest BCUT2D eigenvalue weighted by molar-refractivity contribution is 9.10. The summed E-state index contributed by atoms with van der Waals surface area (Å²) in [5.41, 5.74) is 2.14. The maximum absolute atomic E-state index is 12.1. The number of benzene rings is 1. The normalized spacial score (nSPS) is 10.9. The second kappa shape index (κ2) is 5.52. The van der Waals surface area contributed by atoms with E-state index >= 15 is 0 Å². The van der Waals surface area contributed by atoms with Gasteiger partial charge in [-0.3, -0.25) is 0 Å². The molecule has 0 atom stereocenters. The molecule has 94 valence electrons. The van der Waals surface area contributed by atoms with Crippen molar-refractivity contribution in [3.63, 3.8) is 0 Å². The minimum atomic E-state index is -4.78. The van der Waals surface area contributed by atoms with Crippen LogP contribution in [0, 0.1) is 0 Å². The number of alkyl halides is 3. The molecule has 0 spiro atoms. The first-order chi connectivity index (χ1) is 7.81. The van der Waals surface area contributed by atoms with Gasteiger partial charge in [0, 0.05) is 4.47 Å². The van der Waals surface area contributed by atoms with Gasteiger partial charge in [-0.15, -0.1) is 13.2 Å². The Balaban J connectivity index is 2.99. The Morgan fingerprint density at radius 3 is 2.59 bits per heavy atom. The molecule has 0 amide bonds. The second-order valence-corrected chi connectivity index (χ2v) is 4.11. The summed E-state index contributed by atoms with van der Waals surface area (Å²) in [6.45, 7) is 0. The Kier molecular flexibility index (Phi) is 4.54. The van der Waals surface area contributed by atoms with Crippen LogP contribution in [0.2, 0.25) is 0 Å². The van der Waals surface area contributed by atoms with E-state index in [1.54, 1.807) is 0 Å². The van der Waals surface area contributed by atoms with E-state index in [1.165, 1.54) is 12.1 Å². The molecular weight excluding hydrogens is 323 g/mol. The van der Waals surface area contributed by atoms with Gasteiger partial charge in [0.15, 0.2) is 10.9 Å². The molecule has 0 fully saturated rings. The Bertz CT molecular complexity index is 427. The molecule has 0 heterocycles. The zero-order valence-corrected chi connectivity index (χ0v) is 10.5. The van der Waals surface area contributed by atoms with E-state index in [-0.39, 0.29) is 10.8 Å². The zero-order valence-electron chi connectivity index (χ0n) is 8.14. The minimum absolute atomic E-state index is 0.0284. The number of hydrazine groups is 1. The predicted octanol–water partition coefficient (Wildman–Crippen LogP) is 2.51. The van der Waals surface area contributed by atoms with E-state index in [0.717, 1.165) is 6.07 Å². The molecule has 1 rings (SSSR count). The summed E-state index contributed by atoms with van der Waals surface area (Å²) >= 11 is 7.71. The van der Waals surface area contributed by atoms with Crippen LogP contribution < -0.4 is 21.3 Å². The lowest BCUT2D eigenvalue weighted by Gasteiger charge is -2.15. The van der Waals surface area contributed by atoms with Gasteiger partial charge in [-0.25, -0.2) is 5.84 Å². The number of hydrogen-bond acceptors (Lipinski definition) is 3. The van der Waals surface area contributed by atoms with Crippen molar-refractivity contribution in [2.75, 3.05) is 5.32 Å². The number of anilines is 1. The van der Waals surface area contributed by atoms with Crippen molar-refractivity contribution in [2.45, 2.75) is 6.36 Å². The number of ether oxygens (including phenoxy) is 1. The largest absolute Gasteiger partial charge is 0.573 e. The lowest BCUT2D eigenvalue weighted by Crippen LogP contribution is -2.34. The van der Waals surface area contributed by atoms with Crippen LogP contribution in [0.4, 0.5) is 18.9 Å². The average molecular weight is 330 g/mol. The summed E-state index contributed by atoms with van der Waals surface area (Å²) < 4.78 is 40.7. The molecule has 0 saturated carbocycles. The van der Waals surface area contributed by atoms with Crippen molar-refractivity contribution >= 4 is 38.9 Å². The van der Waals surface area contributed by atoms with Gasteiger partial charge < -0.3 is 15.5 Å². The molecule has 0 unspecified atom stereocenters. The third-order valence-corrected chi connectivity index (χ3v) is 2.26. The number of halogens is 4. The van der Waals surface area contributed by atoms with Crippen LogP contribution in [0.1, 0.15) is 0 Å². The van der Waals surface area contributed by atoms with Crippen LogP contribution in [0.3, 0.4) is 0 Å². The van der Waals surface area contributed by atoms with E-state index in [9.17, 15) is 13.2 Å². The average Bonchev–Trinajstić information content (AvgIpc) is 2.19. The van der Waals surface area contributed by atoms with Gasteiger partial charge in [0.25, 0.3) is 0 Å². The highest BCUT2D eigenvalue weighted by atomic mass is 79.9. The number of nitrogens with one attached hydrogen (secondary N) is 2. The number of thiocarbonyl (C=S) groups is 1. The van der Waals surface area contributed by atoms with Crippen LogP contribution in [-0.2, 0) is 0 Å². The Morgan fingerprint density at radius 2 is 2.06 bits per heavy atom. The maximum Gasteiger partial charge on any atom is 0.573 e. The fourth-order valence-electron chi connectivity index (χ4n) is 0.967. The van der Waals surface area contributed by atoms with Crippen LogP contribution in [0.25, 0.3) is 0 Å². The number of rotatable bonds is 2. The van der Waals surface area contributed by atoms with Gasteiger partial charge in [0.05, 0.1) is 5.69 Å². The fraction of sp³-hybridized carbons (Fsp3) is 0.125. The summed E-state index contributed by atoms with van der Waals surface area (Å²) in [4.78, 5) is 0. The molecular formula is C8H7BrF3N3OS. The Morgan fingerprint density at radius 1 is 1.41 bits per heavy atom. The highest BCUT2D eigenvalue weighted by Gasteiger charge is 2.32. The standard InChI is InChI=1S/C8H7BrF3N3OS/c9-4-1-2-5(14-7(17)15-13)6(3-4)16-8(10,11)12/h1-3H,13H2,(H2,14,15,17). The van der Waals surface area contributed by atoms with Crippen molar-refractivity contribution in [3.05, 3.63) is 22.7 Å². The SMILES string of the molecule is NNC(=S)Nc1ccc(Br)cc1OC(F)(F)F. The van der Waals surface area contributed by atoms with Crippen LogP contribution in [-0.4, -0.2) is 11.5 Å². The smallest absolute Gasteiger partial charge is 0.404 e. The molecule has 0 aliphatic heterocycles. The quantitative estimate of drug-likeness (QED) is 0.442. The van der Waals surface area contributed by atoms with E-state index in [2.05, 4.69) is 43.6 Å². The monoisotopic (exact) mass is 329 g/mol. The van der Waals surface area contributed by atoms with Gasteiger partial charge in [-0.2, -0.15) is 0 Å². The Labute approximate surface area is 108 Å². The van der Waals surface area contributed by atoms with Crippen LogP contribution in [0.15, 0.2) is 22.7 Å².